The molecule has 1 heterocycles. The van der Waals surface area contributed by atoms with E-state index in [1.807, 2.05) is 24.3 Å². The highest BCUT2D eigenvalue weighted by atomic mass is 35.5. The Morgan fingerprint density at radius 3 is 2.95 bits per heavy atom. The van der Waals surface area contributed by atoms with Crippen LogP contribution in [0.2, 0.25) is 5.02 Å². The van der Waals surface area contributed by atoms with Crippen LogP contribution < -0.4 is 10.1 Å². The van der Waals surface area contributed by atoms with Crippen molar-refractivity contribution in [1.29, 1.82) is 0 Å². The van der Waals surface area contributed by atoms with Crippen LogP contribution in [0.15, 0.2) is 42.5 Å². The summed E-state index contributed by atoms with van der Waals surface area (Å²) in [6.07, 6.45) is 0.851. The summed E-state index contributed by atoms with van der Waals surface area (Å²) in [5.74, 6) is 0.886. The highest BCUT2D eigenvalue weighted by molar-refractivity contribution is 6.31. The smallest absolute Gasteiger partial charge is 0.269 e. The number of rotatable bonds is 4. The van der Waals surface area contributed by atoms with E-state index < -0.39 is 4.92 Å². The molecular formula is C16H15ClN2O3. The highest BCUT2D eigenvalue weighted by Crippen LogP contribution is 2.32. The fourth-order valence-electron chi connectivity index (χ4n) is 2.60. The lowest BCUT2D eigenvalue weighted by Crippen LogP contribution is -2.26. The summed E-state index contributed by atoms with van der Waals surface area (Å²) >= 11 is 6.13. The number of nitro benzene ring substituents is 1. The Morgan fingerprint density at radius 2 is 2.14 bits per heavy atom. The quantitative estimate of drug-likeness (QED) is 0.686. The molecular weight excluding hydrogens is 304 g/mol. The third-order valence-corrected chi connectivity index (χ3v) is 4.11. The van der Waals surface area contributed by atoms with Crippen molar-refractivity contribution in [3.8, 4) is 5.75 Å². The van der Waals surface area contributed by atoms with Crippen LogP contribution in [0.4, 0.5) is 5.69 Å². The van der Waals surface area contributed by atoms with Gasteiger partial charge in [-0.1, -0.05) is 29.8 Å². The van der Waals surface area contributed by atoms with E-state index in [1.54, 1.807) is 6.07 Å². The molecule has 0 aliphatic carbocycles. The fraction of sp³-hybridized carbons (Fsp3) is 0.250. The number of hydrogen-bond donors (Lipinski definition) is 1. The number of halogens is 1. The SMILES string of the molecule is O=[N+]([O-])c1ccc(Cl)c(CN[C@@H]2CCOc3ccccc32)c1. The number of hydrogen-bond acceptors (Lipinski definition) is 4. The van der Waals surface area contributed by atoms with Crippen molar-refractivity contribution < 1.29 is 9.66 Å². The lowest BCUT2D eigenvalue weighted by atomic mass is 10.0. The molecule has 0 radical (unpaired) electrons. The Labute approximate surface area is 133 Å². The Balaban J connectivity index is 1.76. The average Bonchev–Trinajstić information content (AvgIpc) is 2.54. The Bertz CT molecular complexity index is 706. The maximum Gasteiger partial charge on any atom is 0.269 e. The molecule has 1 aliphatic rings. The summed E-state index contributed by atoms with van der Waals surface area (Å²) in [6, 6.07) is 12.5. The number of non-ortho nitro benzene ring substituents is 1. The Kier molecular flexibility index (Phi) is 4.27. The fourth-order valence-corrected chi connectivity index (χ4v) is 2.78. The molecule has 1 atom stereocenters. The van der Waals surface area contributed by atoms with Crippen molar-refractivity contribution in [2.45, 2.75) is 19.0 Å². The maximum absolute atomic E-state index is 10.9. The molecule has 3 rings (SSSR count). The van der Waals surface area contributed by atoms with E-state index in [4.69, 9.17) is 16.3 Å². The third kappa shape index (κ3) is 3.05. The number of para-hydroxylation sites is 1. The summed E-state index contributed by atoms with van der Waals surface area (Å²) in [4.78, 5) is 10.4. The van der Waals surface area contributed by atoms with E-state index >= 15 is 0 Å². The zero-order valence-electron chi connectivity index (χ0n) is 11.8. The van der Waals surface area contributed by atoms with Gasteiger partial charge >= 0.3 is 0 Å². The van der Waals surface area contributed by atoms with Gasteiger partial charge in [0.2, 0.25) is 0 Å². The number of nitro groups is 1. The monoisotopic (exact) mass is 318 g/mol. The van der Waals surface area contributed by atoms with Crippen LogP contribution in [0, 0.1) is 10.1 Å². The first-order chi connectivity index (χ1) is 10.6. The van der Waals surface area contributed by atoms with Crippen molar-refractivity contribution in [1.82, 2.24) is 5.32 Å². The molecule has 22 heavy (non-hydrogen) atoms. The van der Waals surface area contributed by atoms with Gasteiger partial charge in [-0.15, -0.1) is 0 Å². The second-order valence-corrected chi connectivity index (χ2v) is 5.55. The van der Waals surface area contributed by atoms with Gasteiger partial charge in [-0.05, 0) is 17.7 Å². The van der Waals surface area contributed by atoms with E-state index in [0.717, 1.165) is 23.3 Å². The lowest BCUT2D eigenvalue weighted by molar-refractivity contribution is -0.384. The summed E-state index contributed by atoms with van der Waals surface area (Å²) in [5.41, 5.74) is 1.88. The van der Waals surface area contributed by atoms with E-state index in [-0.39, 0.29) is 11.7 Å². The first-order valence-electron chi connectivity index (χ1n) is 7.03. The predicted molar refractivity (Wildman–Crippen MR) is 84.2 cm³/mol. The standard InChI is InChI=1S/C16H15ClN2O3/c17-14-6-5-12(19(20)21)9-11(14)10-18-15-7-8-22-16-4-2-1-3-13(15)16/h1-6,9,15,18H,7-8,10H2/t15-/m1/s1. The molecule has 0 bridgehead atoms. The van der Waals surface area contributed by atoms with Crippen molar-refractivity contribution in [3.05, 3.63) is 68.7 Å². The van der Waals surface area contributed by atoms with Crippen LogP contribution in [-0.4, -0.2) is 11.5 Å². The highest BCUT2D eigenvalue weighted by Gasteiger charge is 2.21. The second kappa shape index (κ2) is 6.34. The van der Waals surface area contributed by atoms with Crippen LogP contribution in [-0.2, 0) is 6.54 Å². The van der Waals surface area contributed by atoms with Gasteiger partial charge in [-0.3, -0.25) is 10.1 Å². The molecule has 0 saturated heterocycles. The Hall–Kier alpha value is -2.11. The number of benzene rings is 2. The minimum absolute atomic E-state index is 0.0496. The van der Waals surface area contributed by atoms with Crippen LogP contribution in [0.25, 0.3) is 0 Å². The normalized spacial score (nSPS) is 16.7. The number of nitrogens with one attached hydrogen (secondary N) is 1. The van der Waals surface area contributed by atoms with Gasteiger partial charge in [0.25, 0.3) is 5.69 Å². The van der Waals surface area contributed by atoms with E-state index in [9.17, 15) is 10.1 Å². The molecule has 0 spiro atoms. The molecule has 2 aromatic carbocycles. The first-order valence-corrected chi connectivity index (χ1v) is 7.41. The van der Waals surface area contributed by atoms with Crippen LogP contribution in [0.3, 0.4) is 0 Å². The minimum atomic E-state index is -0.413. The van der Waals surface area contributed by atoms with Crippen molar-refractivity contribution >= 4 is 17.3 Å². The van der Waals surface area contributed by atoms with Crippen LogP contribution >= 0.6 is 11.6 Å². The van der Waals surface area contributed by atoms with E-state index in [2.05, 4.69) is 5.32 Å². The van der Waals surface area contributed by atoms with Crippen LogP contribution in [0.5, 0.6) is 5.75 Å². The molecule has 2 aromatic rings. The number of ether oxygens (including phenoxy) is 1. The molecule has 1 N–H and O–H groups in total. The van der Waals surface area contributed by atoms with E-state index in [0.29, 0.717) is 18.2 Å². The molecule has 0 fully saturated rings. The zero-order chi connectivity index (χ0) is 15.5. The summed E-state index contributed by atoms with van der Waals surface area (Å²) in [5, 5.41) is 14.8. The second-order valence-electron chi connectivity index (χ2n) is 5.14. The van der Waals surface area contributed by atoms with Gasteiger partial charge in [0, 0.05) is 41.7 Å². The topological polar surface area (TPSA) is 64.4 Å². The van der Waals surface area contributed by atoms with Gasteiger partial charge in [0.05, 0.1) is 11.5 Å². The van der Waals surface area contributed by atoms with Crippen molar-refractivity contribution in [3.63, 3.8) is 0 Å². The maximum atomic E-state index is 10.9. The number of fused-ring (bicyclic) bond motifs is 1. The van der Waals surface area contributed by atoms with Gasteiger partial charge in [-0.25, -0.2) is 0 Å². The number of nitrogens with zero attached hydrogens (tertiary/aromatic N) is 1. The molecule has 0 amide bonds. The molecule has 6 heteroatoms. The molecule has 114 valence electrons. The summed E-state index contributed by atoms with van der Waals surface area (Å²) in [7, 11) is 0. The molecule has 0 unspecified atom stereocenters. The largest absolute Gasteiger partial charge is 0.493 e. The zero-order valence-corrected chi connectivity index (χ0v) is 12.5. The predicted octanol–water partition coefficient (Wildman–Crippen LogP) is 3.86. The molecule has 5 nitrogen and oxygen atoms in total. The minimum Gasteiger partial charge on any atom is -0.493 e. The molecule has 1 aliphatic heterocycles. The third-order valence-electron chi connectivity index (χ3n) is 3.74. The molecule has 0 aromatic heterocycles. The summed E-state index contributed by atoms with van der Waals surface area (Å²) < 4.78 is 5.62. The Morgan fingerprint density at radius 1 is 1.32 bits per heavy atom. The van der Waals surface area contributed by atoms with E-state index in [1.165, 1.54) is 12.1 Å². The van der Waals surface area contributed by atoms with Crippen LogP contribution in [0.1, 0.15) is 23.6 Å². The van der Waals surface area contributed by atoms with Crippen molar-refractivity contribution in [2.75, 3.05) is 6.61 Å². The van der Waals surface area contributed by atoms with Gasteiger partial charge in [0.15, 0.2) is 0 Å². The van der Waals surface area contributed by atoms with Gasteiger partial charge in [-0.2, -0.15) is 0 Å². The lowest BCUT2D eigenvalue weighted by Gasteiger charge is -2.26. The van der Waals surface area contributed by atoms with Gasteiger partial charge in [0.1, 0.15) is 5.75 Å². The van der Waals surface area contributed by atoms with Gasteiger partial charge < -0.3 is 10.1 Å². The summed E-state index contributed by atoms with van der Waals surface area (Å²) in [6.45, 7) is 1.12. The first kappa shape index (κ1) is 14.8. The average molecular weight is 319 g/mol. The molecule has 0 saturated carbocycles. The van der Waals surface area contributed by atoms with Crippen molar-refractivity contribution in [2.24, 2.45) is 0 Å².